The monoisotopic (exact) mass is 502 g/mol. The maximum Gasteiger partial charge on any atom is 0.494 e. The molecule has 7 nitrogen and oxygen atoms in total. The zero-order chi connectivity index (χ0) is 26.5. The van der Waals surface area contributed by atoms with E-state index >= 15 is 0 Å². The molecule has 0 unspecified atom stereocenters. The fraction of sp³-hybridized carbons (Fsp3) is 0.321. The second-order valence-corrected chi connectivity index (χ2v) is 10.5. The lowest BCUT2D eigenvalue weighted by molar-refractivity contribution is 0.00578. The number of rotatable bonds is 4. The van der Waals surface area contributed by atoms with Gasteiger partial charge in [-0.25, -0.2) is 4.39 Å². The van der Waals surface area contributed by atoms with Gasteiger partial charge in [-0.15, -0.1) is 0 Å². The van der Waals surface area contributed by atoms with Crippen LogP contribution in [0.2, 0.25) is 0 Å². The van der Waals surface area contributed by atoms with Crippen molar-refractivity contribution in [2.45, 2.75) is 58.2 Å². The quantitative estimate of drug-likeness (QED) is 0.545. The molecule has 0 atom stereocenters. The molecular weight excluding hydrogens is 474 g/mol. The van der Waals surface area contributed by atoms with Crippen molar-refractivity contribution in [3.05, 3.63) is 87.6 Å². The van der Waals surface area contributed by atoms with Crippen LogP contribution >= 0.6 is 0 Å². The number of aromatic nitrogens is 1. The first-order valence-electron chi connectivity index (χ1n) is 12.3. The largest absolute Gasteiger partial charge is 0.494 e. The van der Waals surface area contributed by atoms with Gasteiger partial charge in [-0.05, 0) is 88.5 Å². The minimum absolute atomic E-state index is 0.127. The van der Waals surface area contributed by atoms with E-state index in [9.17, 15) is 18.8 Å². The van der Waals surface area contributed by atoms with Gasteiger partial charge < -0.3 is 14.6 Å². The highest BCUT2D eigenvalue weighted by Gasteiger charge is 2.51. The number of carbonyl (C=O) groups is 2. The third kappa shape index (κ3) is 4.53. The van der Waals surface area contributed by atoms with E-state index in [1.807, 2.05) is 27.7 Å². The van der Waals surface area contributed by atoms with Gasteiger partial charge in [0.1, 0.15) is 11.4 Å². The van der Waals surface area contributed by atoms with Crippen molar-refractivity contribution >= 4 is 30.0 Å². The van der Waals surface area contributed by atoms with Crippen molar-refractivity contribution in [3.8, 4) is 5.69 Å². The number of halogens is 1. The van der Waals surface area contributed by atoms with Crippen molar-refractivity contribution in [1.82, 2.24) is 4.57 Å². The molecule has 0 bridgehead atoms. The molecule has 1 aliphatic heterocycles. The van der Waals surface area contributed by atoms with Crippen LogP contribution in [0.4, 0.5) is 10.1 Å². The van der Waals surface area contributed by atoms with E-state index in [2.05, 4.69) is 5.32 Å². The van der Waals surface area contributed by atoms with Crippen LogP contribution < -0.4 is 16.3 Å². The Morgan fingerprint density at radius 3 is 2.19 bits per heavy atom. The van der Waals surface area contributed by atoms with Gasteiger partial charge >= 0.3 is 7.12 Å². The zero-order valence-electron chi connectivity index (χ0n) is 21.3. The number of anilines is 1. The number of ketones is 1. The van der Waals surface area contributed by atoms with E-state index in [1.165, 1.54) is 34.9 Å². The predicted octanol–water partition coefficient (Wildman–Crippen LogP) is 4.05. The van der Waals surface area contributed by atoms with Crippen molar-refractivity contribution in [2.24, 2.45) is 0 Å². The Hall–Kier alpha value is -3.56. The van der Waals surface area contributed by atoms with Gasteiger partial charge in [-0.3, -0.25) is 19.0 Å². The number of nitrogens with one attached hydrogen (secondary N) is 1. The molecule has 1 amide bonds. The molecule has 3 aromatic rings. The number of Topliss-reactive ketones (excluding diaryl/α,β-unsaturated/α-hetero) is 1. The van der Waals surface area contributed by atoms with E-state index in [1.54, 1.807) is 24.3 Å². The first-order valence-corrected chi connectivity index (χ1v) is 12.3. The summed E-state index contributed by atoms with van der Waals surface area (Å²) in [5.41, 5.74) is 0.889. The van der Waals surface area contributed by atoms with Crippen LogP contribution in [0.1, 0.15) is 66.9 Å². The summed E-state index contributed by atoms with van der Waals surface area (Å²) < 4.78 is 27.0. The van der Waals surface area contributed by atoms with Crippen LogP contribution in [0.25, 0.3) is 5.69 Å². The molecule has 1 N–H and O–H groups in total. The average Bonchev–Trinajstić information content (AvgIpc) is 3.07. The van der Waals surface area contributed by atoms with Gasteiger partial charge in [0.2, 0.25) is 0 Å². The molecule has 2 aliphatic rings. The molecule has 1 saturated heterocycles. The molecule has 0 saturated carbocycles. The van der Waals surface area contributed by atoms with Crippen LogP contribution in [0.15, 0.2) is 59.4 Å². The maximum atomic E-state index is 13.5. The van der Waals surface area contributed by atoms with Crippen molar-refractivity contribution in [1.29, 1.82) is 0 Å². The third-order valence-electron chi connectivity index (χ3n) is 7.44. The molecule has 37 heavy (non-hydrogen) atoms. The lowest BCUT2D eigenvalue weighted by Gasteiger charge is -2.32. The normalized spacial score (nSPS) is 18.0. The second kappa shape index (κ2) is 9.08. The third-order valence-corrected chi connectivity index (χ3v) is 7.44. The number of pyridine rings is 1. The number of benzene rings is 2. The summed E-state index contributed by atoms with van der Waals surface area (Å²) in [5.74, 6) is -1.21. The fourth-order valence-electron chi connectivity index (χ4n) is 4.62. The smallest absolute Gasteiger partial charge is 0.399 e. The molecule has 2 aromatic carbocycles. The highest BCUT2D eigenvalue weighted by molar-refractivity contribution is 6.62. The Labute approximate surface area is 214 Å². The summed E-state index contributed by atoms with van der Waals surface area (Å²) >= 11 is 0. The van der Waals surface area contributed by atoms with Gasteiger partial charge in [-0.1, -0.05) is 12.1 Å². The summed E-state index contributed by atoms with van der Waals surface area (Å²) in [4.78, 5) is 39.4. The Morgan fingerprint density at radius 1 is 0.946 bits per heavy atom. The fourth-order valence-corrected chi connectivity index (χ4v) is 4.62. The van der Waals surface area contributed by atoms with Crippen LogP contribution in [-0.4, -0.2) is 34.6 Å². The summed E-state index contributed by atoms with van der Waals surface area (Å²) in [6.07, 6.45) is 1.46. The van der Waals surface area contributed by atoms with Crippen molar-refractivity contribution in [2.75, 3.05) is 5.32 Å². The second-order valence-electron chi connectivity index (χ2n) is 10.5. The summed E-state index contributed by atoms with van der Waals surface area (Å²) in [5, 5.41) is 2.75. The first-order chi connectivity index (χ1) is 17.5. The molecule has 1 fully saturated rings. The number of hydrogen-bond acceptors (Lipinski definition) is 5. The predicted molar refractivity (Wildman–Crippen MR) is 139 cm³/mol. The molecule has 0 spiro atoms. The molecule has 9 heteroatoms. The Morgan fingerprint density at radius 2 is 1.57 bits per heavy atom. The Bertz CT molecular complexity index is 1430. The van der Waals surface area contributed by atoms with Gasteiger partial charge in [-0.2, -0.15) is 0 Å². The standard InChI is InChI=1S/C28H28BFN2O5/c1-27(2)28(3,4)37-29(36-27)17-8-12-19(13-9-17)31-25(34)22-16-21-23(6-5-7-24(21)33)32(26(22)35)20-14-10-18(30)11-15-20/h8-16H,5-7H2,1-4H3,(H,31,34). The van der Waals surface area contributed by atoms with Crippen LogP contribution in [0.5, 0.6) is 0 Å². The average molecular weight is 502 g/mol. The minimum atomic E-state index is -0.634. The van der Waals surface area contributed by atoms with Crippen LogP contribution in [0.3, 0.4) is 0 Å². The number of hydrogen-bond donors (Lipinski definition) is 1. The van der Waals surface area contributed by atoms with Gasteiger partial charge in [0, 0.05) is 29.1 Å². The van der Waals surface area contributed by atoms with Crippen molar-refractivity contribution in [3.63, 3.8) is 0 Å². The molecule has 1 aliphatic carbocycles. The Balaban J connectivity index is 1.45. The number of fused-ring (bicyclic) bond motifs is 1. The van der Waals surface area contributed by atoms with Crippen molar-refractivity contribution < 1.29 is 23.3 Å². The molecule has 0 radical (unpaired) electrons. The molecule has 2 heterocycles. The van der Waals surface area contributed by atoms with Gasteiger partial charge in [0.15, 0.2) is 5.78 Å². The van der Waals surface area contributed by atoms with E-state index in [0.717, 1.165) is 5.46 Å². The maximum absolute atomic E-state index is 13.5. The highest BCUT2D eigenvalue weighted by atomic mass is 19.1. The topological polar surface area (TPSA) is 86.6 Å². The van der Waals surface area contributed by atoms with Crippen LogP contribution in [0, 0.1) is 5.82 Å². The molecule has 1 aromatic heterocycles. The van der Waals surface area contributed by atoms with Gasteiger partial charge in [0.05, 0.1) is 11.2 Å². The zero-order valence-corrected chi connectivity index (χ0v) is 21.3. The van der Waals surface area contributed by atoms with E-state index < -0.39 is 35.6 Å². The highest BCUT2D eigenvalue weighted by Crippen LogP contribution is 2.36. The molecule has 5 rings (SSSR count). The summed E-state index contributed by atoms with van der Waals surface area (Å²) in [7, 11) is -0.538. The van der Waals surface area contributed by atoms with E-state index in [-0.39, 0.29) is 11.3 Å². The number of carbonyl (C=O) groups excluding carboxylic acids is 2. The lowest BCUT2D eigenvalue weighted by Crippen LogP contribution is -2.41. The SMILES string of the molecule is CC1(C)OB(c2ccc(NC(=O)c3cc4c(n(-c5ccc(F)cc5)c3=O)CCCC4=O)cc2)OC1(C)C. The Kier molecular flexibility index (Phi) is 6.16. The molecular formula is C28H28BFN2O5. The van der Waals surface area contributed by atoms with E-state index in [4.69, 9.17) is 9.31 Å². The summed E-state index contributed by atoms with van der Waals surface area (Å²) in [6.45, 7) is 7.90. The number of amides is 1. The number of nitrogens with zero attached hydrogens (tertiary/aromatic N) is 1. The minimum Gasteiger partial charge on any atom is -0.399 e. The van der Waals surface area contributed by atoms with E-state index in [0.29, 0.717) is 41.9 Å². The lowest BCUT2D eigenvalue weighted by atomic mass is 9.79. The van der Waals surface area contributed by atoms with Crippen LogP contribution in [-0.2, 0) is 15.7 Å². The summed E-state index contributed by atoms with van der Waals surface area (Å²) in [6, 6.07) is 13.8. The van der Waals surface area contributed by atoms with Gasteiger partial charge in [0.25, 0.3) is 11.5 Å². The molecule has 190 valence electrons. The first kappa shape index (κ1) is 25.1.